The van der Waals surface area contributed by atoms with E-state index >= 15 is 0 Å². The van der Waals surface area contributed by atoms with Crippen LogP contribution in [0.4, 0.5) is 0 Å². The van der Waals surface area contributed by atoms with E-state index in [1.54, 1.807) is 30.3 Å². The lowest BCUT2D eigenvalue weighted by atomic mass is 9.85. The third kappa shape index (κ3) is 3.34. The monoisotopic (exact) mass is 336 g/mol. The van der Waals surface area contributed by atoms with Crippen LogP contribution in [0, 0.1) is 11.3 Å². The molecule has 0 bridgehead atoms. The predicted molar refractivity (Wildman–Crippen MR) is 95.8 cm³/mol. The highest BCUT2D eigenvalue weighted by molar-refractivity contribution is 6.30. The van der Waals surface area contributed by atoms with Gasteiger partial charge in [0.15, 0.2) is 5.78 Å². The number of nitrogens with zero attached hydrogens (tertiary/aromatic N) is 1. The minimum Gasteiger partial charge on any atom is -0.379 e. The first kappa shape index (κ1) is 16.3. The highest BCUT2D eigenvalue weighted by Crippen LogP contribution is 2.31. The lowest BCUT2D eigenvalue weighted by Crippen LogP contribution is -2.43. The minimum absolute atomic E-state index is 0.0967. The number of ketones is 1. The van der Waals surface area contributed by atoms with Crippen molar-refractivity contribution in [3.05, 3.63) is 75.8 Å². The molecule has 1 heterocycles. The van der Waals surface area contributed by atoms with E-state index in [9.17, 15) is 4.79 Å². The second-order valence-electron chi connectivity index (χ2n) is 6.60. The molecule has 3 nitrogen and oxygen atoms in total. The Labute approximate surface area is 146 Å². The fraction of sp³-hybridized carbons (Fsp3) is 0.200. The second kappa shape index (κ2) is 6.14. The molecule has 0 spiro atoms. The average Bonchev–Trinajstić information content (AvgIpc) is 2.53. The van der Waals surface area contributed by atoms with Gasteiger partial charge in [-0.25, -0.2) is 0 Å². The van der Waals surface area contributed by atoms with Gasteiger partial charge >= 0.3 is 0 Å². The molecule has 2 aromatic rings. The van der Waals surface area contributed by atoms with Crippen LogP contribution in [-0.2, 0) is 6.42 Å². The summed E-state index contributed by atoms with van der Waals surface area (Å²) < 4.78 is 0. The van der Waals surface area contributed by atoms with Crippen LogP contribution in [0.3, 0.4) is 0 Å². The summed E-state index contributed by atoms with van der Waals surface area (Å²) in [6.45, 7) is 4.19. The average molecular weight is 337 g/mol. The Morgan fingerprint density at radius 1 is 1.25 bits per heavy atom. The molecule has 0 fully saturated rings. The molecule has 0 radical (unpaired) electrons. The molecule has 0 aromatic heterocycles. The SMILES string of the molecule is CC1(C)Cc2cc(Cl)ccc2C(=CC(=O)c2ccc(C#N)cc2)N1. The molecule has 1 aliphatic rings. The first-order valence-electron chi connectivity index (χ1n) is 7.71. The van der Waals surface area contributed by atoms with Crippen LogP contribution in [0.25, 0.3) is 5.70 Å². The standard InChI is InChI=1S/C20H17ClN2O/c1-20(2)11-15-9-16(21)7-8-17(15)18(23-20)10-19(24)14-5-3-13(12-22)4-6-14/h3-10,23H,11H2,1-2H3. The molecule has 4 heteroatoms. The second-order valence-corrected chi connectivity index (χ2v) is 7.03. The van der Waals surface area contributed by atoms with Crippen LogP contribution in [0.15, 0.2) is 48.5 Å². The number of allylic oxidation sites excluding steroid dienone is 1. The molecule has 0 aliphatic carbocycles. The van der Waals surface area contributed by atoms with Gasteiger partial charge in [-0.2, -0.15) is 5.26 Å². The summed E-state index contributed by atoms with van der Waals surface area (Å²) in [7, 11) is 0. The van der Waals surface area contributed by atoms with Crippen LogP contribution in [0.2, 0.25) is 5.02 Å². The van der Waals surface area contributed by atoms with Gasteiger partial charge in [0.2, 0.25) is 0 Å². The maximum absolute atomic E-state index is 12.6. The molecule has 3 rings (SSSR count). The van der Waals surface area contributed by atoms with Gasteiger partial charge < -0.3 is 5.32 Å². The van der Waals surface area contributed by atoms with E-state index < -0.39 is 0 Å². The Balaban J connectivity index is 1.99. The van der Waals surface area contributed by atoms with Crippen LogP contribution in [-0.4, -0.2) is 11.3 Å². The summed E-state index contributed by atoms with van der Waals surface area (Å²) in [6, 6.07) is 14.4. The number of hydrogen-bond acceptors (Lipinski definition) is 3. The molecular weight excluding hydrogens is 320 g/mol. The van der Waals surface area contributed by atoms with E-state index in [0.717, 1.165) is 23.2 Å². The number of carbonyl (C=O) groups excluding carboxylic acids is 1. The van der Waals surface area contributed by atoms with Crippen LogP contribution >= 0.6 is 11.6 Å². The predicted octanol–water partition coefficient (Wildman–Crippen LogP) is 4.36. The molecule has 0 atom stereocenters. The Morgan fingerprint density at radius 3 is 2.62 bits per heavy atom. The normalized spacial score (nSPS) is 16.8. The number of halogens is 1. The van der Waals surface area contributed by atoms with Crippen molar-refractivity contribution in [3.8, 4) is 6.07 Å². The largest absolute Gasteiger partial charge is 0.379 e. The molecule has 0 saturated heterocycles. The van der Waals surface area contributed by atoms with Gasteiger partial charge in [0, 0.05) is 33.5 Å². The van der Waals surface area contributed by atoms with E-state index in [1.807, 2.05) is 18.2 Å². The van der Waals surface area contributed by atoms with Gasteiger partial charge in [-0.3, -0.25) is 4.79 Å². The van der Waals surface area contributed by atoms with Crippen LogP contribution < -0.4 is 5.32 Å². The highest BCUT2D eigenvalue weighted by atomic mass is 35.5. The molecule has 1 N–H and O–H groups in total. The number of nitrogens with one attached hydrogen (secondary N) is 1. The molecule has 1 aliphatic heterocycles. The zero-order valence-electron chi connectivity index (χ0n) is 13.6. The maximum Gasteiger partial charge on any atom is 0.187 e. The minimum atomic E-state index is -0.158. The Kier molecular flexibility index (Phi) is 4.17. The zero-order chi connectivity index (χ0) is 17.3. The molecule has 24 heavy (non-hydrogen) atoms. The molecule has 0 amide bonds. The molecule has 0 unspecified atom stereocenters. The number of nitriles is 1. The number of rotatable bonds is 2. The summed E-state index contributed by atoms with van der Waals surface area (Å²) in [4.78, 5) is 12.6. The summed E-state index contributed by atoms with van der Waals surface area (Å²) in [5.74, 6) is -0.0967. The van der Waals surface area contributed by atoms with E-state index in [4.69, 9.17) is 16.9 Å². The lowest BCUT2D eigenvalue weighted by molar-refractivity contribution is 0.104. The first-order valence-corrected chi connectivity index (χ1v) is 8.09. The van der Waals surface area contributed by atoms with Crippen LogP contribution in [0.5, 0.6) is 0 Å². The number of fused-ring (bicyclic) bond motifs is 1. The van der Waals surface area contributed by atoms with Gasteiger partial charge in [-0.15, -0.1) is 0 Å². The summed E-state index contributed by atoms with van der Waals surface area (Å²) >= 11 is 6.11. The zero-order valence-corrected chi connectivity index (χ0v) is 14.3. The van der Waals surface area contributed by atoms with Gasteiger partial charge in [0.05, 0.1) is 11.6 Å². The molecular formula is C20H17ClN2O. The Morgan fingerprint density at radius 2 is 1.96 bits per heavy atom. The van der Waals surface area contributed by atoms with E-state index in [-0.39, 0.29) is 11.3 Å². The third-order valence-electron chi connectivity index (χ3n) is 4.04. The van der Waals surface area contributed by atoms with E-state index in [2.05, 4.69) is 25.2 Å². The maximum atomic E-state index is 12.6. The highest BCUT2D eigenvalue weighted by Gasteiger charge is 2.28. The van der Waals surface area contributed by atoms with Crippen molar-refractivity contribution in [2.75, 3.05) is 0 Å². The fourth-order valence-electron chi connectivity index (χ4n) is 2.96. The molecule has 2 aromatic carbocycles. The van der Waals surface area contributed by atoms with Crippen molar-refractivity contribution in [1.82, 2.24) is 5.32 Å². The van der Waals surface area contributed by atoms with Crippen LogP contribution in [0.1, 0.15) is 40.9 Å². The van der Waals surface area contributed by atoms with Crippen molar-refractivity contribution < 1.29 is 4.79 Å². The topological polar surface area (TPSA) is 52.9 Å². The van der Waals surface area contributed by atoms with Gasteiger partial charge in [0.1, 0.15) is 0 Å². The van der Waals surface area contributed by atoms with Gasteiger partial charge in [-0.05, 0) is 62.2 Å². The van der Waals surface area contributed by atoms with Crippen molar-refractivity contribution in [2.45, 2.75) is 25.8 Å². The summed E-state index contributed by atoms with van der Waals surface area (Å²) in [5, 5.41) is 13.0. The van der Waals surface area contributed by atoms with Crippen molar-refractivity contribution in [2.24, 2.45) is 0 Å². The van der Waals surface area contributed by atoms with E-state index in [0.29, 0.717) is 16.1 Å². The third-order valence-corrected chi connectivity index (χ3v) is 4.27. The van der Waals surface area contributed by atoms with E-state index in [1.165, 1.54) is 0 Å². The van der Waals surface area contributed by atoms with Crippen molar-refractivity contribution in [1.29, 1.82) is 5.26 Å². The number of carbonyl (C=O) groups is 1. The summed E-state index contributed by atoms with van der Waals surface area (Å²) in [6.07, 6.45) is 2.46. The van der Waals surface area contributed by atoms with Crippen molar-refractivity contribution >= 4 is 23.1 Å². The Hall–Kier alpha value is -2.57. The number of benzene rings is 2. The van der Waals surface area contributed by atoms with Gasteiger partial charge in [-0.1, -0.05) is 17.7 Å². The Bertz CT molecular complexity index is 874. The lowest BCUT2D eigenvalue weighted by Gasteiger charge is -2.35. The van der Waals surface area contributed by atoms with Gasteiger partial charge in [0.25, 0.3) is 0 Å². The molecule has 0 saturated carbocycles. The fourth-order valence-corrected chi connectivity index (χ4v) is 3.16. The summed E-state index contributed by atoms with van der Waals surface area (Å²) in [5.41, 5.74) is 3.87. The smallest absolute Gasteiger partial charge is 0.187 e. The number of hydrogen-bond donors (Lipinski definition) is 1. The molecule has 120 valence electrons. The quantitative estimate of drug-likeness (QED) is 0.655. The first-order chi connectivity index (χ1) is 11.4. The van der Waals surface area contributed by atoms with Crippen molar-refractivity contribution in [3.63, 3.8) is 0 Å².